The van der Waals surface area contributed by atoms with E-state index >= 15 is 0 Å². The lowest BCUT2D eigenvalue weighted by molar-refractivity contribution is -0.209. The highest BCUT2D eigenvalue weighted by Crippen LogP contribution is 2.31. The highest BCUT2D eigenvalue weighted by Gasteiger charge is 2.45. The molecule has 1 unspecified atom stereocenters. The van der Waals surface area contributed by atoms with E-state index in [1.807, 2.05) is 0 Å². The average Bonchev–Trinajstić information content (AvgIpc) is 2.83. The molecule has 1 aliphatic rings. The van der Waals surface area contributed by atoms with Crippen molar-refractivity contribution >= 4 is 50.0 Å². The number of ether oxygens (including phenoxy) is 2. The summed E-state index contributed by atoms with van der Waals surface area (Å²) in [7, 11) is -5.95. The van der Waals surface area contributed by atoms with Crippen molar-refractivity contribution in [1.82, 2.24) is 0 Å². The maximum atomic E-state index is 12.1. The molecule has 0 amide bonds. The predicted octanol–water partition coefficient (Wildman–Crippen LogP) is 0.171. The van der Waals surface area contributed by atoms with Crippen LogP contribution in [0.2, 0.25) is 0 Å². The smallest absolute Gasteiger partial charge is 0.466 e. The summed E-state index contributed by atoms with van der Waals surface area (Å²) in [6.07, 6.45) is -1.13. The first-order chi connectivity index (χ1) is 17.4. The molecule has 0 aliphatic carbocycles. The summed E-state index contributed by atoms with van der Waals surface area (Å²) in [5, 5.41) is 43.5. The Kier molecular flexibility index (Phi) is 12.4. The number of nitrogens with zero attached hydrogens (tertiary/aromatic N) is 1. The summed E-state index contributed by atoms with van der Waals surface area (Å²) in [5.74, 6) is -0.337. The number of carbonyl (C=O) groups excluding carboxylic acids is 1. The van der Waals surface area contributed by atoms with Crippen molar-refractivity contribution in [1.29, 1.82) is 0 Å². The largest absolute Gasteiger partial charge is 0.508 e. The minimum Gasteiger partial charge on any atom is -0.508 e. The van der Waals surface area contributed by atoms with Gasteiger partial charge in [0, 0.05) is 28.9 Å². The van der Waals surface area contributed by atoms with Gasteiger partial charge in [-0.1, -0.05) is 29.1 Å². The number of phenols is 1. The van der Waals surface area contributed by atoms with Crippen LogP contribution in [0.25, 0.3) is 6.08 Å². The van der Waals surface area contributed by atoms with Gasteiger partial charge in [-0.2, -0.15) is 8.42 Å². The van der Waals surface area contributed by atoms with Crippen LogP contribution in [0.1, 0.15) is 24.8 Å². The predicted molar refractivity (Wildman–Crippen MR) is 135 cm³/mol. The van der Waals surface area contributed by atoms with E-state index < -0.39 is 63.6 Å². The van der Waals surface area contributed by atoms with E-state index in [2.05, 4.69) is 9.44 Å². The maximum absolute atomic E-state index is 12.1. The van der Waals surface area contributed by atoms with E-state index in [9.17, 15) is 37.8 Å². The number of esters is 1. The number of hydrogen-bond donors (Lipinski definition) is 5. The van der Waals surface area contributed by atoms with Gasteiger partial charge >= 0.3 is 16.4 Å². The monoisotopic (exact) mass is 583 g/mol. The van der Waals surface area contributed by atoms with Crippen LogP contribution in [0.3, 0.4) is 0 Å². The minimum absolute atomic E-state index is 0.0280. The van der Waals surface area contributed by atoms with Gasteiger partial charge in [0.15, 0.2) is 0 Å². The highest BCUT2D eigenvalue weighted by atomic mass is 32.3. The van der Waals surface area contributed by atoms with Crippen molar-refractivity contribution in [3.8, 4) is 5.75 Å². The van der Waals surface area contributed by atoms with Crippen LogP contribution in [0, 0.1) is 0 Å². The number of aliphatic hydroxyl groups excluding tert-OH is 3. The second-order valence-electron chi connectivity index (χ2n) is 7.91. The maximum Gasteiger partial charge on any atom is 0.466 e. The van der Waals surface area contributed by atoms with E-state index in [4.69, 9.17) is 14.0 Å². The number of aromatic hydroxyl groups is 1. The third-order valence-electron chi connectivity index (χ3n) is 4.92. The van der Waals surface area contributed by atoms with E-state index in [-0.39, 0.29) is 17.2 Å². The molecule has 0 spiro atoms. The normalized spacial score (nSPS) is 25.6. The molecule has 16 heteroatoms. The first-order valence-corrected chi connectivity index (χ1v) is 14.9. The van der Waals surface area contributed by atoms with Crippen LogP contribution in [0.15, 0.2) is 35.5 Å². The summed E-state index contributed by atoms with van der Waals surface area (Å²) >= 11 is 0.681. The molecule has 5 N–H and O–H groups in total. The Labute approximate surface area is 220 Å². The number of rotatable bonds is 12. The first kappa shape index (κ1) is 31.2. The SMILES string of the molecule is CS(=O)CCCC/C(=N\OS(=O)(=O)O)S[C@@H]1O[C@H](COC(=O)/C=C/c2ccc(O)cc2)[C@@H](O)[C@H](O)[C@H]1O. The van der Waals surface area contributed by atoms with Gasteiger partial charge in [-0.3, -0.25) is 8.76 Å². The van der Waals surface area contributed by atoms with Crippen molar-refractivity contribution < 1.29 is 56.2 Å². The van der Waals surface area contributed by atoms with Crippen LogP contribution >= 0.6 is 11.8 Å². The molecule has 1 aliphatic heterocycles. The topological polar surface area (TPSA) is 209 Å². The van der Waals surface area contributed by atoms with Crippen LogP contribution in [0.5, 0.6) is 5.75 Å². The van der Waals surface area contributed by atoms with Gasteiger partial charge in [-0.15, -0.1) is 0 Å². The molecule has 1 fully saturated rings. The summed E-state index contributed by atoms with van der Waals surface area (Å²) in [6, 6.07) is 6.01. The second-order valence-corrected chi connectivity index (χ2v) is 11.6. The number of aliphatic hydroxyl groups is 3. The lowest BCUT2D eigenvalue weighted by Crippen LogP contribution is -2.58. The Balaban J connectivity index is 2.02. The molecule has 208 valence electrons. The van der Waals surface area contributed by atoms with Gasteiger partial charge in [-0.05, 0) is 43.0 Å². The minimum atomic E-state index is -4.91. The molecule has 1 aromatic rings. The Bertz CT molecular complexity index is 1080. The number of thioether (sulfide) groups is 1. The lowest BCUT2D eigenvalue weighted by Gasteiger charge is -2.39. The zero-order valence-corrected chi connectivity index (χ0v) is 22.1. The van der Waals surface area contributed by atoms with Crippen molar-refractivity contribution in [2.75, 3.05) is 18.6 Å². The fourth-order valence-electron chi connectivity index (χ4n) is 3.04. The van der Waals surface area contributed by atoms with Gasteiger partial charge in [0.2, 0.25) is 0 Å². The zero-order chi connectivity index (χ0) is 27.6. The molecular formula is C21H29NO12S3. The molecule has 0 saturated carbocycles. The quantitative estimate of drug-likeness (QED) is 0.0423. The van der Waals surface area contributed by atoms with Gasteiger partial charge < -0.3 is 29.9 Å². The van der Waals surface area contributed by atoms with Crippen LogP contribution in [-0.2, 0) is 39.8 Å². The molecule has 13 nitrogen and oxygen atoms in total. The Morgan fingerprint density at radius 3 is 2.46 bits per heavy atom. The Morgan fingerprint density at radius 2 is 1.84 bits per heavy atom. The van der Waals surface area contributed by atoms with Crippen LogP contribution in [-0.4, -0.2) is 97.1 Å². The summed E-state index contributed by atoms with van der Waals surface area (Å²) < 4.78 is 56.6. The van der Waals surface area contributed by atoms with Gasteiger partial charge in [0.05, 0.1) is 0 Å². The number of unbranched alkanes of at least 4 members (excludes halogenated alkanes) is 1. The summed E-state index contributed by atoms with van der Waals surface area (Å²) in [4.78, 5) is 12.1. The van der Waals surface area contributed by atoms with E-state index in [0.29, 0.717) is 35.9 Å². The Morgan fingerprint density at radius 1 is 1.16 bits per heavy atom. The average molecular weight is 584 g/mol. The third kappa shape index (κ3) is 11.5. The molecule has 1 heterocycles. The fraction of sp³-hybridized carbons (Fsp3) is 0.524. The van der Waals surface area contributed by atoms with Crippen LogP contribution in [0.4, 0.5) is 0 Å². The molecule has 37 heavy (non-hydrogen) atoms. The van der Waals surface area contributed by atoms with Crippen molar-refractivity contribution in [2.45, 2.75) is 49.1 Å². The van der Waals surface area contributed by atoms with E-state index in [1.54, 1.807) is 12.1 Å². The molecule has 0 bridgehead atoms. The summed E-state index contributed by atoms with van der Waals surface area (Å²) in [6.45, 7) is -0.489. The number of phenolic OH excluding ortho intramolecular Hbond substituents is 1. The van der Waals surface area contributed by atoms with Crippen molar-refractivity contribution in [3.05, 3.63) is 35.9 Å². The van der Waals surface area contributed by atoms with E-state index in [1.165, 1.54) is 24.5 Å². The van der Waals surface area contributed by atoms with E-state index in [0.717, 1.165) is 6.08 Å². The molecular weight excluding hydrogens is 554 g/mol. The molecule has 6 atom stereocenters. The Hall–Kier alpha value is -2.05. The summed E-state index contributed by atoms with van der Waals surface area (Å²) in [5.41, 5.74) is -0.665. The second kappa shape index (κ2) is 14.8. The number of benzene rings is 1. The van der Waals surface area contributed by atoms with Gasteiger partial charge in [0.25, 0.3) is 0 Å². The molecule has 2 rings (SSSR count). The number of hydrogen-bond acceptors (Lipinski definition) is 13. The van der Waals surface area contributed by atoms with Crippen molar-refractivity contribution in [2.24, 2.45) is 5.16 Å². The molecule has 0 radical (unpaired) electrons. The lowest BCUT2D eigenvalue weighted by atomic mass is 10.0. The van der Waals surface area contributed by atoms with Gasteiger partial charge in [0.1, 0.15) is 47.3 Å². The molecule has 1 aromatic carbocycles. The molecule has 1 saturated heterocycles. The highest BCUT2D eigenvalue weighted by molar-refractivity contribution is 8.14. The number of carbonyl (C=O) groups is 1. The van der Waals surface area contributed by atoms with Gasteiger partial charge in [-0.25, -0.2) is 9.08 Å². The fourth-order valence-corrected chi connectivity index (χ4v) is 5.00. The molecule has 0 aromatic heterocycles. The van der Waals surface area contributed by atoms with Crippen molar-refractivity contribution in [3.63, 3.8) is 0 Å². The van der Waals surface area contributed by atoms with Crippen LogP contribution < -0.4 is 0 Å². The standard InChI is InChI=1S/C21H29NO12S3/c1-36(28)11-3-2-4-16(22-34-37(29,30)31)35-21-20(27)19(26)18(25)15(33-21)12-32-17(24)10-7-13-5-8-14(23)9-6-13/h5-10,15,18-21,23,25-27H,2-4,11-12H2,1H3,(H,29,30,31)/b10-7+,22-16+/t15-,18-,19+,20-,21+,36?/m1/s1. The number of oxime groups is 1. The zero-order valence-electron chi connectivity index (χ0n) is 19.7. The first-order valence-electron chi connectivity index (χ1n) is 10.9. The third-order valence-corrected chi connectivity index (χ3v) is 7.22.